The van der Waals surface area contributed by atoms with E-state index in [4.69, 9.17) is 4.74 Å². The van der Waals surface area contributed by atoms with E-state index in [0.29, 0.717) is 31.0 Å². The highest BCUT2D eigenvalue weighted by Crippen LogP contribution is 2.67. The minimum Gasteiger partial charge on any atom is -0.469 e. The number of aliphatic hydroxyl groups excluding tert-OH is 2. The van der Waals surface area contributed by atoms with Gasteiger partial charge in [-0.1, -0.05) is 13.8 Å². The summed E-state index contributed by atoms with van der Waals surface area (Å²) < 4.78 is 4.77. The summed E-state index contributed by atoms with van der Waals surface area (Å²) in [4.78, 5) is 24.8. The van der Waals surface area contributed by atoms with Gasteiger partial charge in [0.2, 0.25) is 0 Å². The first kappa shape index (κ1) is 21.3. The Hall–Kier alpha value is -0.940. The summed E-state index contributed by atoms with van der Waals surface area (Å²) in [5.74, 6) is 1.37. The number of aliphatic hydroxyl groups is 2. The van der Waals surface area contributed by atoms with E-state index in [9.17, 15) is 19.8 Å². The van der Waals surface area contributed by atoms with Gasteiger partial charge < -0.3 is 14.9 Å². The molecular weight excluding hydrogens is 368 g/mol. The Morgan fingerprint density at radius 2 is 1.90 bits per heavy atom. The highest BCUT2D eigenvalue weighted by atomic mass is 16.5. The van der Waals surface area contributed by atoms with Crippen LogP contribution in [0.3, 0.4) is 0 Å². The first-order chi connectivity index (χ1) is 13.7. The van der Waals surface area contributed by atoms with E-state index in [1.54, 1.807) is 0 Å². The molecule has 0 heterocycles. The molecule has 0 radical (unpaired) electrons. The zero-order chi connectivity index (χ0) is 21.0. The molecule has 164 valence electrons. The number of Topliss-reactive ketones (excluding diaryl/α,β-unsaturated/α-hetero) is 1. The van der Waals surface area contributed by atoms with Crippen molar-refractivity contribution in [3.05, 3.63) is 0 Å². The monoisotopic (exact) mass is 406 g/mol. The summed E-state index contributed by atoms with van der Waals surface area (Å²) in [6.07, 6.45) is 7.33. The molecule has 2 N–H and O–H groups in total. The lowest BCUT2D eigenvalue weighted by atomic mass is 9.43. The van der Waals surface area contributed by atoms with Gasteiger partial charge in [0.25, 0.3) is 0 Å². The average Bonchev–Trinajstić information content (AvgIpc) is 3.02. The van der Waals surface area contributed by atoms with Crippen molar-refractivity contribution in [1.29, 1.82) is 0 Å². The number of fused-ring (bicyclic) bond motifs is 5. The number of carbonyl (C=O) groups excluding carboxylic acids is 2. The van der Waals surface area contributed by atoms with Crippen LogP contribution in [-0.2, 0) is 14.3 Å². The van der Waals surface area contributed by atoms with E-state index in [1.807, 2.05) is 0 Å². The van der Waals surface area contributed by atoms with E-state index in [1.165, 1.54) is 7.11 Å². The normalized spacial score (nSPS) is 49.1. The fourth-order valence-corrected chi connectivity index (χ4v) is 8.07. The average molecular weight is 407 g/mol. The minimum atomic E-state index is -0.394. The van der Waals surface area contributed by atoms with Gasteiger partial charge in [-0.05, 0) is 85.9 Å². The summed E-state index contributed by atoms with van der Waals surface area (Å²) in [7, 11) is 1.42. The molecule has 0 spiro atoms. The van der Waals surface area contributed by atoms with E-state index in [-0.39, 0.29) is 46.6 Å². The van der Waals surface area contributed by atoms with Crippen molar-refractivity contribution in [1.82, 2.24) is 0 Å². The maximum atomic E-state index is 13.3. The molecule has 0 unspecified atom stereocenters. The Bertz CT molecular complexity index is 662. The molecular formula is C24H38O5. The number of ether oxygens (including phenoxy) is 1. The van der Waals surface area contributed by atoms with E-state index >= 15 is 0 Å². The van der Waals surface area contributed by atoms with Crippen LogP contribution in [0.25, 0.3) is 0 Å². The van der Waals surface area contributed by atoms with Crippen molar-refractivity contribution >= 4 is 11.8 Å². The van der Waals surface area contributed by atoms with Crippen LogP contribution in [0, 0.1) is 40.4 Å². The van der Waals surface area contributed by atoms with Gasteiger partial charge in [0, 0.05) is 18.8 Å². The molecule has 5 heteroatoms. The largest absolute Gasteiger partial charge is 0.469 e. The molecule has 0 amide bonds. The number of ketones is 1. The van der Waals surface area contributed by atoms with Crippen LogP contribution < -0.4 is 0 Å². The van der Waals surface area contributed by atoms with E-state index in [0.717, 1.165) is 44.9 Å². The zero-order valence-electron chi connectivity index (χ0n) is 18.2. The molecule has 0 aromatic carbocycles. The minimum absolute atomic E-state index is 0.0586. The number of carbonyl (C=O) groups is 2. The molecule has 9 atom stereocenters. The van der Waals surface area contributed by atoms with Crippen LogP contribution >= 0.6 is 0 Å². The third-order valence-electron chi connectivity index (χ3n) is 9.90. The lowest BCUT2D eigenvalue weighted by molar-refractivity contribution is -0.180. The molecule has 4 aliphatic rings. The maximum Gasteiger partial charge on any atom is 0.305 e. The fraction of sp³-hybridized carbons (Fsp3) is 0.917. The van der Waals surface area contributed by atoms with Gasteiger partial charge in [-0.3, -0.25) is 9.59 Å². The topological polar surface area (TPSA) is 83.8 Å². The van der Waals surface area contributed by atoms with E-state index in [2.05, 4.69) is 13.8 Å². The highest BCUT2D eigenvalue weighted by Gasteiger charge is 2.65. The lowest BCUT2D eigenvalue weighted by Crippen LogP contribution is -2.61. The SMILES string of the molecule is COC(=O)CCC[C@H]1CC[C@H]2[C@@H]3C(=O)C[C@@H]4C[C@H](O)CC[C@]4(C)[C@H]3C[C@H](O)[C@]12C. The first-order valence-electron chi connectivity index (χ1n) is 11.7. The second-order valence-corrected chi connectivity index (χ2v) is 10.9. The van der Waals surface area contributed by atoms with Crippen LogP contribution in [0.1, 0.15) is 78.1 Å². The van der Waals surface area contributed by atoms with Crippen molar-refractivity contribution in [3.8, 4) is 0 Å². The number of rotatable bonds is 4. The van der Waals surface area contributed by atoms with Gasteiger partial charge in [0.15, 0.2) is 0 Å². The summed E-state index contributed by atoms with van der Waals surface area (Å²) >= 11 is 0. The first-order valence-corrected chi connectivity index (χ1v) is 11.7. The third-order valence-corrected chi connectivity index (χ3v) is 9.90. The van der Waals surface area contributed by atoms with Gasteiger partial charge in [0.1, 0.15) is 5.78 Å². The zero-order valence-corrected chi connectivity index (χ0v) is 18.2. The standard InChI is InChI=1S/C24H38O5/c1-23-10-9-16(25)11-15(23)12-19(26)22-17-8-7-14(5-4-6-21(28)29-3)24(17,2)20(27)13-18(22)23/h14-18,20,22,25,27H,4-13H2,1-3H3/t14-,15-,16+,17-,18-,20-,22-,23-,24+/m0/s1. The van der Waals surface area contributed by atoms with Crippen molar-refractivity contribution in [2.24, 2.45) is 40.4 Å². The van der Waals surface area contributed by atoms with Gasteiger partial charge >= 0.3 is 5.97 Å². The Labute approximate surface area is 174 Å². The summed E-state index contributed by atoms with van der Waals surface area (Å²) in [6.45, 7) is 4.53. The number of hydrogen-bond donors (Lipinski definition) is 2. The molecule has 5 nitrogen and oxygen atoms in total. The number of methoxy groups -OCH3 is 1. The molecule has 4 aliphatic carbocycles. The maximum absolute atomic E-state index is 13.3. The molecule has 0 bridgehead atoms. The molecule has 0 aliphatic heterocycles. The molecule has 0 aromatic heterocycles. The van der Waals surface area contributed by atoms with Gasteiger partial charge in [-0.25, -0.2) is 0 Å². The smallest absolute Gasteiger partial charge is 0.305 e. The molecule has 4 saturated carbocycles. The molecule has 4 fully saturated rings. The molecule has 0 saturated heterocycles. The second kappa shape index (κ2) is 7.64. The Morgan fingerprint density at radius 1 is 1.14 bits per heavy atom. The van der Waals surface area contributed by atoms with Crippen LogP contribution in [0.15, 0.2) is 0 Å². The molecule has 29 heavy (non-hydrogen) atoms. The summed E-state index contributed by atoms with van der Waals surface area (Å²) in [5, 5.41) is 21.6. The van der Waals surface area contributed by atoms with E-state index < -0.39 is 6.10 Å². The van der Waals surface area contributed by atoms with Crippen LogP contribution in [0.2, 0.25) is 0 Å². The summed E-state index contributed by atoms with van der Waals surface area (Å²) in [6, 6.07) is 0. The van der Waals surface area contributed by atoms with Crippen molar-refractivity contribution in [2.45, 2.75) is 90.3 Å². The predicted octanol–water partition coefficient (Wildman–Crippen LogP) is 3.50. The van der Waals surface area contributed by atoms with Gasteiger partial charge in [0.05, 0.1) is 19.3 Å². The van der Waals surface area contributed by atoms with Gasteiger partial charge in [-0.15, -0.1) is 0 Å². The van der Waals surface area contributed by atoms with Crippen LogP contribution in [0.5, 0.6) is 0 Å². The van der Waals surface area contributed by atoms with Gasteiger partial charge in [-0.2, -0.15) is 0 Å². The number of esters is 1. The highest BCUT2D eigenvalue weighted by molar-refractivity contribution is 5.83. The van der Waals surface area contributed by atoms with Crippen LogP contribution in [0.4, 0.5) is 0 Å². The molecule has 0 aromatic rings. The number of hydrogen-bond acceptors (Lipinski definition) is 5. The third kappa shape index (κ3) is 3.27. The van der Waals surface area contributed by atoms with Crippen LogP contribution in [-0.4, -0.2) is 41.3 Å². The van der Waals surface area contributed by atoms with Crippen molar-refractivity contribution < 1.29 is 24.5 Å². The second-order valence-electron chi connectivity index (χ2n) is 10.9. The Morgan fingerprint density at radius 3 is 2.62 bits per heavy atom. The molecule has 4 rings (SSSR count). The quantitative estimate of drug-likeness (QED) is 0.698. The fourth-order valence-electron chi connectivity index (χ4n) is 8.07. The Kier molecular flexibility index (Phi) is 5.61. The van der Waals surface area contributed by atoms with Crippen molar-refractivity contribution in [2.75, 3.05) is 7.11 Å². The van der Waals surface area contributed by atoms with Crippen molar-refractivity contribution in [3.63, 3.8) is 0 Å². The lowest BCUT2D eigenvalue weighted by Gasteiger charge is -2.61. The Balaban J connectivity index is 1.55. The predicted molar refractivity (Wildman–Crippen MR) is 109 cm³/mol. The summed E-state index contributed by atoms with van der Waals surface area (Å²) in [5.41, 5.74) is -0.173.